The number of hydrogen-bond donors (Lipinski definition) is 1. The Morgan fingerprint density at radius 1 is 1.26 bits per heavy atom. The lowest BCUT2D eigenvalue weighted by Gasteiger charge is -2.15. The fourth-order valence-electron chi connectivity index (χ4n) is 3.70. The van der Waals surface area contributed by atoms with Crippen LogP contribution in [0.5, 0.6) is 5.75 Å². The van der Waals surface area contributed by atoms with Crippen LogP contribution in [0.25, 0.3) is 11.1 Å². The van der Waals surface area contributed by atoms with Gasteiger partial charge in [0.2, 0.25) is 0 Å². The van der Waals surface area contributed by atoms with E-state index in [1.54, 1.807) is 18.3 Å². The van der Waals surface area contributed by atoms with Crippen molar-refractivity contribution >= 4 is 22.7 Å². The van der Waals surface area contributed by atoms with E-state index in [0.717, 1.165) is 28.7 Å². The van der Waals surface area contributed by atoms with E-state index >= 15 is 0 Å². The zero-order chi connectivity index (χ0) is 28.7. The van der Waals surface area contributed by atoms with Gasteiger partial charge in [0, 0.05) is 23.2 Å². The number of rotatable bonds is 10. The quantitative estimate of drug-likeness (QED) is 0.241. The van der Waals surface area contributed by atoms with E-state index in [9.17, 15) is 13.9 Å². The molecule has 0 radical (unpaired) electrons. The molecule has 1 N–H and O–H groups in total. The maximum atomic E-state index is 12.8. The lowest BCUT2D eigenvalue weighted by molar-refractivity contribution is -0.0503. The maximum absolute atomic E-state index is 12.8. The van der Waals surface area contributed by atoms with Crippen LogP contribution in [0.1, 0.15) is 63.4 Å². The smallest absolute Gasteiger partial charge is 0.387 e. The Bertz CT molecular complexity index is 1220. The van der Waals surface area contributed by atoms with Crippen LogP contribution in [0.3, 0.4) is 0 Å². The molecule has 0 saturated carbocycles. The van der Waals surface area contributed by atoms with Gasteiger partial charge in [-0.15, -0.1) is 0 Å². The number of allylic oxidation sites excluding steroid dienone is 6. The average molecular weight is 542 g/mol. The zero-order valence-corrected chi connectivity index (χ0v) is 23.9. The average Bonchev–Trinajstić information content (AvgIpc) is 2.90. The number of aromatic nitrogens is 1. The zero-order valence-electron chi connectivity index (χ0n) is 23.1. The Hall–Kier alpha value is -3.20. The molecule has 0 fully saturated rings. The van der Waals surface area contributed by atoms with Gasteiger partial charge in [0.15, 0.2) is 0 Å². The first kappa shape index (κ1) is 32.8. The molecule has 3 nitrogen and oxygen atoms in total. The molecule has 0 saturated heterocycles. The summed E-state index contributed by atoms with van der Waals surface area (Å²) < 4.78 is 30.2. The third kappa shape index (κ3) is 9.93. The predicted octanol–water partition coefficient (Wildman–Crippen LogP) is 8.85. The van der Waals surface area contributed by atoms with Crippen LogP contribution in [0.4, 0.5) is 8.78 Å². The van der Waals surface area contributed by atoms with Crippen molar-refractivity contribution < 1.29 is 18.6 Å². The first-order chi connectivity index (χ1) is 18.2. The first-order valence-corrected chi connectivity index (χ1v) is 13.1. The minimum atomic E-state index is -2.94. The van der Waals surface area contributed by atoms with Crippen LogP contribution in [0.15, 0.2) is 66.9 Å². The van der Waals surface area contributed by atoms with E-state index in [-0.39, 0.29) is 24.7 Å². The third-order valence-corrected chi connectivity index (χ3v) is 5.96. The number of benzene rings is 1. The Kier molecular flexibility index (Phi) is 15.0. The molecule has 38 heavy (non-hydrogen) atoms. The highest BCUT2D eigenvalue weighted by atomic mass is 35.5. The molecule has 0 aliphatic rings. The van der Waals surface area contributed by atoms with Gasteiger partial charge >= 0.3 is 6.61 Å². The summed E-state index contributed by atoms with van der Waals surface area (Å²) in [6.45, 7) is 12.9. The largest absolute Gasteiger partial charge is 0.435 e. The van der Waals surface area contributed by atoms with Gasteiger partial charge in [-0.1, -0.05) is 81.5 Å². The summed E-state index contributed by atoms with van der Waals surface area (Å²) in [4.78, 5) is 4.62. The molecule has 1 aromatic carbocycles. The van der Waals surface area contributed by atoms with Gasteiger partial charge < -0.3 is 9.84 Å². The van der Waals surface area contributed by atoms with Crippen LogP contribution >= 0.6 is 11.6 Å². The van der Waals surface area contributed by atoms with E-state index in [1.807, 2.05) is 45.9 Å². The summed E-state index contributed by atoms with van der Waals surface area (Å²) in [5.74, 6) is 6.26. The number of aryl methyl sites for hydroxylation is 1. The SMILES string of the molecule is C=C/C(=C(/C)C(C)/C=C\C#CCC)c1cnc(/C(=C\Cc2cc(Cl)ccc2OC(F)F)CO)c(C)c1.CC. The minimum absolute atomic E-state index is 0.0445. The van der Waals surface area contributed by atoms with Gasteiger partial charge in [-0.25, -0.2) is 0 Å². The molecular weight excluding hydrogens is 504 g/mol. The van der Waals surface area contributed by atoms with E-state index < -0.39 is 6.61 Å². The third-order valence-electron chi connectivity index (χ3n) is 5.73. The Balaban J connectivity index is 0.00000352. The molecule has 0 spiro atoms. The van der Waals surface area contributed by atoms with Gasteiger partial charge in [0.25, 0.3) is 0 Å². The number of aliphatic hydroxyl groups is 1. The summed E-state index contributed by atoms with van der Waals surface area (Å²) in [5.41, 5.74) is 5.60. The van der Waals surface area contributed by atoms with Gasteiger partial charge in [-0.2, -0.15) is 8.78 Å². The molecule has 2 rings (SSSR count). The maximum Gasteiger partial charge on any atom is 0.387 e. The lowest BCUT2D eigenvalue weighted by atomic mass is 9.92. The van der Waals surface area contributed by atoms with Gasteiger partial charge in [0.1, 0.15) is 5.75 Å². The van der Waals surface area contributed by atoms with Crippen molar-refractivity contribution in [1.29, 1.82) is 0 Å². The van der Waals surface area contributed by atoms with Crippen LogP contribution in [-0.4, -0.2) is 23.3 Å². The van der Waals surface area contributed by atoms with E-state index in [4.69, 9.17) is 11.6 Å². The van der Waals surface area contributed by atoms with Crippen molar-refractivity contribution in [3.05, 3.63) is 94.3 Å². The molecule has 204 valence electrons. The van der Waals surface area contributed by atoms with Gasteiger partial charge in [-0.3, -0.25) is 4.98 Å². The van der Waals surface area contributed by atoms with E-state index in [2.05, 4.69) is 48.1 Å². The highest BCUT2D eigenvalue weighted by Gasteiger charge is 2.14. The summed E-state index contributed by atoms with van der Waals surface area (Å²) in [6, 6.07) is 6.48. The number of halogens is 3. The summed E-state index contributed by atoms with van der Waals surface area (Å²) in [5, 5.41) is 10.4. The van der Waals surface area contributed by atoms with E-state index in [1.165, 1.54) is 12.1 Å². The van der Waals surface area contributed by atoms with Crippen LogP contribution in [0.2, 0.25) is 5.02 Å². The number of pyridine rings is 1. The number of aliphatic hydroxyl groups excluding tert-OH is 1. The fourth-order valence-corrected chi connectivity index (χ4v) is 3.89. The second kappa shape index (κ2) is 17.3. The van der Waals surface area contributed by atoms with Crippen molar-refractivity contribution in [2.75, 3.05) is 6.61 Å². The molecule has 0 aliphatic heterocycles. The summed E-state index contributed by atoms with van der Waals surface area (Å²) >= 11 is 6.05. The van der Waals surface area contributed by atoms with Gasteiger partial charge in [-0.05, 0) is 78.8 Å². The molecule has 6 heteroatoms. The van der Waals surface area contributed by atoms with Crippen molar-refractivity contribution in [2.45, 2.75) is 61.0 Å². The second-order valence-electron chi connectivity index (χ2n) is 8.23. The minimum Gasteiger partial charge on any atom is -0.435 e. The van der Waals surface area contributed by atoms with Crippen LogP contribution < -0.4 is 4.74 Å². The first-order valence-electron chi connectivity index (χ1n) is 12.7. The monoisotopic (exact) mass is 541 g/mol. The highest BCUT2D eigenvalue weighted by molar-refractivity contribution is 6.30. The van der Waals surface area contributed by atoms with Crippen LogP contribution in [0, 0.1) is 24.7 Å². The second-order valence-corrected chi connectivity index (χ2v) is 8.67. The normalized spacial score (nSPS) is 12.8. The number of nitrogens with zero attached hydrogens (tertiary/aromatic N) is 1. The summed E-state index contributed by atoms with van der Waals surface area (Å²) in [7, 11) is 0. The Morgan fingerprint density at radius 2 is 1.97 bits per heavy atom. The molecule has 1 unspecified atom stereocenters. The number of hydrogen-bond acceptors (Lipinski definition) is 3. The van der Waals surface area contributed by atoms with Crippen LogP contribution in [-0.2, 0) is 6.42 Å². The van der Waals surface area contributed by atoms with E-state index in [0.29, 0.717) is 21.9 Å². The van der Waals surface area contributed by atoms with Crippen molar-refractivity contribution in [3.8, 4) is 17.6 Å². The molecule has 1 heterocycles. The molecule has 2 aromatic rings. The Morgan fingerprint density at radius 3 is 2.55 bits per heavy atom. The Labute approximate surface area is 231 Å². The molecule has 0 aliphatic carbocycles. The molecule has 1 aromatic heterocycles. The molecule has 0 bridgehead atoms. The standard InChI is InChI=1S/C30H32ClF2NO2.C2H6/c1-6-8-9-10-11-20(3)22(5)27(7-2)25-16-21(4)29(34-18-25)24(19-35)13-12-23-17-26(31)14-15-28(23)36-30(32)33;1-2/h7,10-11,13-18,20,30,35H,2,6,12,19H2,1,3-5H3;1-2H3/b11-10-,24-13-,27-22+;. The molecule has 1 atom stereocenters. The van der Waals surface area contributed by atoms with Gasteiger partial charge in [0.05, 0.1) is 12.3 Å². The van der Waals surface area contributed by atoms with Crippen molar-refractivity contribution in [1.82, 2.24) is 4.98 Å². The van der Waals surface area contributed by atoms with Crippen molar-refractivity contribution in [2.24, 2.45) is 5.92 Å². The molecular formula is C32H38ClF2NO2. The highest BCUT2D eigenvalue weighted by Crippen LogP contribution is 2.29. The predicted molar refractivity (Wildman–Crippen MR) is 156 cm³/mol. The number of alkyl halides is 2. The molecule has 0 amide bonds. The van der Waals surface area contributed by atoms with Crippen molar-refractivity contribution in [3.63, 3.8) is 0 Å². The number of ether oxygens (including phenoxy) is 1. The fraction of sp³-hybridized carbons (Fsp3) is 0.344. The summed E-state index contributed by atoms with van der Waals surface area (Å²) in [6.07, 6.45) is 10.3. The topological polar surface area (TPSA) is 42.4 Å². The lowest BCUT2D eigenvalue weighted by Crippen LogP contribution is -2.05.